The number of ether oxygens (including phenoxy) is 1. The zero-order chi connectivity index (χ0) is 18.3. The van der Waals surface area contributed by atoms with Crippen molar-refractivity contribution in [3.63, 3.8) is 0 Å². The predicted molar refractivity (Wildman–Crippen MR) is 124 cm³/mol. The monoisotopic (exact) mass is 493 g/mol. The highest BCUT2D eigenvalue weighted by atomic mass is 127. The lowest BCUT2D eigenvalue weighted by Crippen LogP contribution is -2.47. The van der Waals surface area contributed by atoms with Crippen LogP contribution in [0.2, 0.25) is 0 Å². The standard InChI is InChI=1S/C20H35N3OS.HI/c1-6-21-19(22-12-15(2)17-9-11-25-14-17)23-13-16-8-7-10-24-18(16)20(3,4)5;/h9,11,14-16,18H,6-8,10,12-13H2,1-5H3,(H2,21,22,23);1H. The molecule has 2 N–H and O–H groups in total. The second-order valence-corrected chi connectivity index (χ2v) is 8.90. The van der Waals surface area contributed by atoms with E-state index in [4.69, 9.17) is 9.73 Å². The summed E-state index contributed by atoms with van der Waals surface area (Å²) in [6.07, 6.45) is 2.68. The molecule has 0 aromatic carbocycles. The Bertz CT molecular complexity index is 528. The zero-order valence-corrected chi connectivity index (χ0v) is 20.0. The number of hydrogen-bond acceptors (Lipinski definition) is 3. The minimum absolute atomic E-state index is 0. The summed E-state index contributed by atoms with van der Waals surface area (Å²) in [4.78, 5) is 4.80. The largest absolute Gasteiger partial charge is 0.377 e. The zero-order valence-electron chi connectivity index (χ0n) is 16.9. The molecule has 4 nitrogen and oxygen atoms in total. The normalized spacial score (nSPS) is 22.4. The van der Waals surface area contributed by atoms with Gasteiger partial charge in [-0.15, -0.1) is 24.0 Å². The molecule has 0 amide bonds. The van der Waals surface area contributed by atoms with Gasteiger partial charge < -0.3 is 15.4 Å². The molecule has 1 aliphatic rings. The van der Waals surface area contributed by atoms with Crippen molar-refractivity contribution in [1.82, 2.24) is 10.6 Å². The van der Waals surface area contributed by atoms with Gasteiger partial charge in [-0.3, -0.25) is 4.99 Å². The molecule has 0 saturated carbocycles. The van der Waals surface area contributed by atoms with Gasteiger partial charge >= 0.3 is 0 Å². The van der Waals surface area contributed by atoms with Gasteiger partial charge in [-0.2, -0.15) is 11.3 Å². The van der Waals surface area contributed by atoms with Crippen LogP contribution in [0, 0.1) is 11.3 Å². The van der Waals surface area contributed by atoms with Gasteiger partial charge in [-0.1, -0.05) is 27.7 Å². The summed E-state index contributed by atoms with van der Waals surface area (Å²) >= 11 is 1.75. The molecule has 0 spiro atoms. The van der Waals surface area contributed by atoms with Crippen molar-refractivity contribution in [2.75, 3.05) is 26.2 Å². The first-order valence-electron chi connectivity index (χ1n) is 9.57. The second-order valence-electron chi connectivity index (χ2n) is 8.12. The third-order valence-corrected chi connectivity index (χ3v) is 5.51. The van der Waals surface area contributed by atoms with Crippen molar-refractivity contribution in [1.29, 1.82) is 0 Å². The number of rotatable bonds is 6. The Labute approximate surface area is 180 Å². The summed E-state index contributed by atoms with van der Waals surface area (Å²) in [5.41, 5.74) is 1.55. The molecule has 3 atom stereocenters. The van der Waals surface area contributed by atoms with E-state index in [1.165, 1.54) is 12.0 Å². The topological polar surface area (TPSA) is 45.7 Å². The maximum Gasteiger partial charge on any atom is 0.191 e. The first kappa shape index (κ1) is 23.7. The van der Waals surface area contributed by atoms with E-state index in [-0.39, 0.29) is 29.4 Å². The quantitative estimate of drug-likeness (QED) is 0.338. The fourth-order valence-corrected chi connectivity index (χ4v) is 4.25. The summed E-state index contributed by atoms with van der Waals surface area (Å²) in [5, 5.41) is 11.3. The SMILES string of the molecule is CCNC(=NCC(C)c1ccsc1)NCC1CCCOC1C(C)(C)C.I. The third kappa shape index (κ3) is 7.35. The lowest BCUT2D eigenvalue weighted by molar-refractivity contribution is -0.0835. The van der Waals surface area contributed by atoms with Gasteiger partial charge in [0.25, 0.3) is 0 Å². The van der Waals surface area contributed by atoms with Crippen molar-refractivity contribution < 1.29 is 4.74 Å². The van der Waals surface area contributed by atoms with Gasteiger partial charge in [0, 0.05) is 38.1 Å². The van der Waals surface area contributed by atoms with E-state index in [2.05, 4.69) is 62.1 Å². The van der Waals surface area contributed by atoms with Gasteiger partial charge in [0.15, 0.2) is 5.96 Å². The van der Waals surface area contributed by atoms with Crippen LogP contribution in [0.15, 0.2) is 21.8 Å². The van der Waals surface area contributed by atoms with Crippen LogP contribution in [0.5, 0.6) is 0 Å². The molecule has 1 aromatic heterocycles. The van der Waals surface area contributed by atoms with Gasteiger partial charge in [0.2, 0.25) is 0 Å². The van der Waals surface area contributed by atoms with E-state index in [0.717, 1.165) is 38.6 Å². The van der Waals surface area contributed by atoms with Gasteiger partial charge in [0.1, 0.15) is 0 Å². The Kier molecular flexibility index (Phi) is 10.5. The van der Waals surface area contributed by atoms with Gasteiger partial charge in [-0.05, 0) is 47.6 Å². The van der Waals surface area contributed by atoms with Crippen LogP contribution in [0.25, 0.3) is 0 Å². The number of nitrogens with one attached hydrogen (secondary N) is 2. The average molecular weight is 493 g/mol. The molecule has 2 rings (SSSR count). The fourth-order valence-electron chi connectivity index (χ4n) is 3.47. The number of aliphatic imine (C=N–C) groups is 1. The van der Waals surface area contributed by atoms with E-state index in [9.17, 15) is 0 Å². The molecule has 6 heteroatoms. The molecule has 0 aliphatic carbocycles. The highest BCUT2D eigenvalue weighted by Crippen LogP contribution is 2.33. The highest BCUT2D eigenvalue weighted by molar-refractivity contribution is 14.0. The van der Waals surface area contributed by atoms with E-state index in [0.29, 0.717) is 17.9 Å². The number of nitrogens with zero attached hydrogens (tertiary/aromatic N) is 1. The molecule has 26 heavy (non-hydrogen) atoms. The molecule has 0 radical (unpaired) electrons. The van der Waals surface area contributed by atoms with Crippen LogP contribution in [0.4, 0.5) is 0 Å². The second kappa shape index (κ2) is 11.5. The predicted octanol–water partition coefficient (Wildman–Crippen LogP) is 4.87. The molecular formula is C20H36IN3OS. The van der Waals surface area contributed by atoms with E-state index in [1.807, 2.05) is 0 Å². The Balaban J connectivity index is 0.00000338. The van der Waals surface area contributed by atoms with Gasteiger partial charge in [0.05, 0.1) is 6.10 Å². The minimum Gasteiger partial charge on any atom is -0.377 e. The van der Waals surface area contributed by atoms with E-state index < -0.39 is 0 Å². The lowest BCUT2D eigenvalue weighted by Gasteiger charge is -2.40. The van der Waals surface area contributed by atoms with Crippen molar-refractivity contribution in [3.8, 4) is 0 Å². The average Bonchev–Trinajstić information content (AvgIpc) is 3.11. The molecule has 0 bridgehead atoms. The molecule has 150 valence electrons. The van der Waals surface area contributed by atoms with Crippen LogP contribution in [-0.4, -0.2) is 38.3 Å². The van der Waals surface area contributed by atoms with Crippen LogP contribution in [-0.2, 0) is 4.74 Å². The molecule has 1 aromatic rings. The molecule has 1 aliphatic heterocycles. The van der Waals surface area contributed by atoms with Gasteiger partial charge in [-0.25, -0.2) is 0 Å². The molecule has 3 unspecified atom stereocenters. The van der Waals surface area contributed by atoms with Crippen LogP contribution >= 0.6 is 35.3 Å². The number of thiophene rings is 1. The smallest absolute Gasteiger partial charge is 0.191 e. The third-order valence-electron chi connectivity index (χ3n) is 4.81. The Morgan fingerprint density at radius 2 is 2.15 bits per heavy atom. The van der Waals surface area contributed by atoms with Crippen LogP contribution in [0.1, 0.15) is 58.9 Å². The molecular weight excluding hydrogens is 457 g/mol. The maximum atomic E-state index is 6.10. The summed E-state index contributed by atoms with van der Waals surface area (Å²) in [6.45, 7) is 14.7. The van der Waals surface area contributed by atoms with E-state index in [1.54, 1.807) is 11.3 Å². The first-order valence-corrected chi connectivity index (χ1v) is 10.5. The first-order chi connectivity index (χ1) is 11.9. The Hall–Kier alpha value is -0.340. The Morgan fingerprint density at radius 3 is 2.77 bits per heavy atom. The summed E-state index contributed by atoms with van der Waals surface area (Å²) < 4.78 is 6.10. The van der Waals surface area contributed by atoms with Crippen LogP contribution in [0.3, 0.4) is 0 Å². The van der Waals surface area contributed by atoms with Crippen molar-refractivity contribution in [3.05, 3.63) is 22.4 Å². The van der Waals surface area contributed by atoms with E-state index >= 15 is 0 Å². The van der Waals surface area contributed by atoms with Crippen molar-refractivity contribution in [2.24, 2.45) is 16.3 Å². The molecule has 1 fully saturated rings. The van der Waals surface area contributed by atoms with Crippen LogP contribution < -0.4 is 10.6 Å². The van der Waals surface area contributed by atoms with Crippen molar-refractivity contribution >= 4 is 41.3 Å². The fraction of sp³-hybridized carbons (Fsp3) is 0.750. The highest BCUT2D eigenvalue weighted by Gasteiger charge is 2.35. The summed E-state index contributed by atoms with van der Waals surface area (Å²) in [6, 6.07) is 2.19. The van der Waals surface area contributed by atoms with Crippen molar-refractivity contribution in [2.45, 2.75) is 59.5 Å². The summed E-state index contributed by atoms with van der Waals surface area (Å²) in [5.74, 6) is 1.90. The molecule has 2 heterocycles. The number of guanidine groups is 1. The number of halogens is 1. The molecule has 1 saturated heterocycles. The lowest BCUT2D eigenvalue weighted by atomic mass is 9.78. The number of hydrogen-bond donors (Lipinski definition) is 2. The Morgan fingerprint density at radius 1 is 1.38 bits per heavy atom. The maximum absolute atomic E-state index is 6.10. The minimum atomic E-state index is 0. The summed E-state index contributed by atoms with van der Waals surface area (Å²) in [7, 11) is 0.